The van der Waals surface area contributed by atoms with E-state index in [1.165, 1.54) is 0 Å². The number of hydrogen-bond donors (Lipinski definition) is 1. The number of ether oxygens (including phenoxy) is 1. The number of aromatic amines is 1. The van der Waals surface area contributed by atoms with Gasteiger partial charge in [-0.2, -0.15) is 0 Å². The van der Waals surface area contributed by atoms with Gasteiger partial charge in [-0.3, -0.25) is 4.79 Å². The first-order valence-electron chi connectivity index (χ1n) is 6.16. The van der Waals surface area contributed by atoms with Gasteiger partial charge in [0.05, 0.1) is 5.69 Å². The van der Waals surface area contributed by atoms with Gasteiger partial charge in [-0.05, 0) is 41.9 Å². The van der Waals surface area contributed by atoms with E-state index in [4.69, 9.17) is 4.74 Å². The Balaban J connectivity index is 2.58. The third kappa shape index (κ3) is 2.22. The fourth-order valence-corrected chi connectivity index (χ4v) is 3.27. The zero-order valence-corrected chi connectivity index (χ0v) is 13.4. The smallest absolute Gasteiger partial charge is 0.264 e. The summed E-state index contributed by atoms with van der Waals surface area (Å²) < 4.78 is 6.26. The van der Waals surface area contributed by atoms with Crippen molar-refractivity contribution in [3.8, 4) is 0 Å². The predicted molar refractivity (Wildman–Crippen MR) is 78.8 cm³/mol. The van der Waals surface area contributed by atoms with Crippen LogP contribution in [0.3, 0.4) is 0 Å². The second kappa shape index (κ2) is 4.59. The first-order chi connectivity index (χ1) is 8.30. The number of H-pyrrole nitrogens is 1. The average molecular weight is 362 g/mol. The summed E-state index contributed by atoms with van der Waals surface area (Å²) in [5.74, 6) is 0.687. The summed E-state index contributed by atoms with van der Waals surface area (Å²) in [6, 6.07) is 0. The lowest BCUT2D eigenvalue weighted by atomic mass is 9.79. The Kier molecular flexibility index (Phi) is 3.57. The van der Waals surface area contributed by atoms with E-state index in [9.17, 15) is 4.79 Å². The van der Waals surface area contributed by atoms with Crippen molar-refractivity contribution < 1.29 is 4.74 Å². The highest BCUT2D eigenvalue weighted by molar-refractivity contribution is 14.1. The maximum Gasteiger partial charge on any atom is 0.264 e. The topological polar surface area (TPSA) is 55.0 Å². The van der Waals surface area contributed by atoms with Crippen molar-refractivity contribution in [1.29, 1.82) is 0 Å². The quantitative estimate of drug-likeness (QED) is 0.824. The molecule has 18 heavy (non-hydrogen) atoms. The van der Waals surface area contributed by atoms with Gasteiger partial charge in [-0.25, -0.2) is 4.98 Å². The molecule has 0 saturated heterocycles. The van der Waals surface area contributed by atoms with Crippen LogP contribution in [-0.4, -0.2) is 17.1 Å². The molecule has 0 spiro atoms. The normalized spacial score (nSPS) is 18.5. The van der Waals surface area contributed by atoms with Gasteiger partial charge in [0.15, 0.2) is 0 Å². The highest BCUT2D eigenvalue weighted by atomic mass is 127. The minimum absolute atomic E-state index is 0.0613. The van der Waals surface area contributed by atoms with Crippen LogP contribution in [0.25, 0.3) is 0 Å². The lowest BCUT2D eigenvalue weighted by Gasteiger charge is -2.39. The van der Waals surface area contributed by atoms with Gasteiger partial charge < -0.3 is 9.72 Å². The zero-order chi connectivity index (χ0) is 13.6. The second-order valence-electron chi connectivity index (χ2n) is 5.88. The molecule has 0 radical (unpaired) electrons. The molecule has 0 unspecified atom stereocenters. The minimum Gasteiger partial charge on any atom is -0.370 e. The van der Waals surface area contributed by atoms with Gasteiger partial charge in [0.25, 0.3) is 5.56 Å². The van der Waals surface area contributed by atoms with Crippen molar-refractivity contribution >= 4 is 22.6 Å². The van der Waals surface area contributed by atoms with Gasteiger partial charge in [-0.1, -0.05) is 20.8 Å². The van der Waals surface area contributed by atoms with E-state index in [-0.39, 0.29) is 16.6 Å². The summed E-state index contributed by atoms with van der Waals surface area (Å²) in [6.07, 6.45) is 2.97. The highest BCUT2D eigenvalue weighted by Crippen LogP contribution is 2.42. The molecule has 1 aliphatic rings. The molecule has 0 aliphatic heterocycles. The van der Waals surface area contributed by atoms with E-state index < -0.39 is 0 Å². The molecule has 0 amide bonds. The predicted octanol–water partition coefficient (Wildman–Crippen LogP) is 2.70. The van der Waals surface area contributed by atoms with Crippen LogP contribution in [0, 0.1) is 3.57 Å². The molecule has 0 atom stereocenters. The van der Waals surface area contributed by atoms with E-state index in [2.05, 4.69) is 53.3 Å². The molecule has 1 aliphatic carbocycles. The Labute approximate surface area is 121 Å². The van der Waals surface area contributed by atoms with E-state index >= 15 is 0 Å². The summed E-state index contributed by atoms with van der Waals surface area (Å²) in [5.41, 5.74) is 0.279. The number of nitrogens with zero attached hydrogens (tertiary/aromatic N) is 1. The van der Waals surface area contributed by atoms with Crippen molar-refractivity contribution in [3.63, 3.8) is 0 Å². The van der Waals surface area contributed by atoms with Crippen LogP contribution in [0.1, 0.15) is 51.6 Å². The molecule has 1 fully saturated rings. The van der Waals surface area contributed by atoms with Crippen molar-refractivity contribution in [2.75, 3.05) is 7.11 Å². The monoisotopic (exact) mass is 362 g/mol. The Morgan fingerprint density at radius 3 is 2.39 bits per heavy atom. The molecule has 0 bridgehead atoms. The Bertz CT molecular complexity index is 507. The number of aromatic nitrogens is 2. The van der Waals surface area contributed by atoms with Crippen molar-refractivity contribution in [2.45, 2.75) is 51.0 Å². The maximum absolute atomic E-state index is 12.1. The van der Waals surface area contributed by atoms with Crippen LogP contribution in [-0.2, 0) is 15.8 Å². The summed E-state index contributed by atoms with van der Waals surface area (Å²) in [7, 11) is 1.69. The van der Waals surface area contributed by atoms with Gasteiger partial charge >= 0.3 is 0 Å². The van der Waals surface area contributed by atoms with Crippen LogP contribution in [0.4, 0.5) is 0 Å². The molecule has 1 aromatic heterocycles. The molecule has 1 heterocycles. The molecule has 1 saturated carbocycles. The molecule has 5 heteroatoms. The van der Waals surface area contributed by atoms with Gasteiger partial charge in [0.2, 0.25) is 0 Å². The Morgan fingerprint density at radius 2 is 2.00 bits per heavy atom. The average Bonchev–Trinajstić information content (AvgIpc) is 2.20. The number of hydrogen-bond acceptors (Lipinski definition) is 3. The molecule has 0 aromatic carbocycles. The summed E-state index contributed by atoms with van der Waals surface area (Å²) >= 11 is 2.07. The Morgan fingerprint density at radius 1 is 1.39 bits per heavy atom. The van der Waals surface area contributed by atoms with Crippen molar-refractivity contribution in [2.24, 2.45) is 0 Å². The van der Waals surface area contributed by atoms with Gasteiger partial charge in [0, 0.05) is 12.5 Å². The minimum atomic E-state index is -0.372. The fourth-order valence-electron chi connectivity index (χ4n) is 2.21. The molecule has 100 valence electrons. The molecule has 4 nitrogen and oxygen atoms in total. The fraction of sp³-hybridized carbons (Fsp3) is 0.692. The van der Waals surface area contributed by atoms with E-state index in [0.29, 0.717) is 9.39 Å². The number of methoxy groups -OCH3 is 1. The third-order valence-corrected chi connectivity index (χ3v) is 4.56. The van der Waals surface area contributed by atoms with Gasteiger partial charge in [0.1, 0.15) is 15.0 Å². The second-order valence-corrected chi connectivity index (χ2v) is 6.96. The SMILES string of the molecule is COC1(c2nc(C(C)(C)C)c(I)c(=O)[nH]2)CCC1. The largest absolute Gasteiger partial charge is 0.370 e. The molecule has 1 N–H and O–H groups in total. The maximum atomic E-state index is 12.1. The van der Waals surface area contributed by atoms with E-state index in [1.54, 1.807) is 7.11 Å². The van der Waals surface area contributed by atoms with Crippen LogP contribution < -0.4 is 5.56 Å². The zero-order valence-electron chi connectivity index (χ0n) is 11.3. The van der Waals surface area contributed by atoms with Crippen LogP contribution in [0.15, 0.2) is 4.79 Å². The highest BCUT2D eigenvalue weighted by Gasteiger charge is 2.42. The number of rotatable bonds is 2. The van der Waals surface area contributed by atoms with Crippen molar-refractivity contribution in [1.82, 2.24) is 9.97 Å². The van der Waals surface area contributed by atoms with E-state index in [0.717, 1.165) is 25.0 Å². The number of halogens is 1. The third-order valence-electron chi connectivity index (χ3n) is 3.56. The molecule has 1 aromatic rings. The lowest BCUT2D eigenvalue weighted by Crippen LogP contribution is -2.41. The van der Waals surface area contributed by atoms with Crippen LogP contribution >= 0.6 is 22.6 Å². The summed E-state index contributed by atoms with van der Waals surface area (Å²) in [4.78, 5) is 19.6. The van der Waals surface area contributed by atoms with Crippen LogP contribution in [0.5, 0.6) is 0 Å². The van der Waals surface area contributed by atoms with Crippen molar-refractivity contribution in [3.05, 3.63) is 25.4 Å². The lowest BCUT2D eigenvalue weighted by molar-refractivity contribution is -0.0850. The first-order valence-corrected chi connectivity index (χ1v) is 7.24. The van der Waals surface area contributed by atoms with Crippen LogP contribution in [0.2, 0.25) is 0 Å². The standard InChI is InChI=1S/C13H19IN2O2/c1-12(2,3)9-8(14)10(17)16-11(15-9)13(18-4)6-5-7-13/h5-7H2,1-4H3,(H,15,16,17). The molecule has 2 rings (SSSR count). The molecular formula is C13H19IN2O2. The molecular weight excluding hydrogens is 343 g/mol. The first kappa shape index (κ1) is 14.0. The van der Waals surface area contributed by atoms with E-state index in [1.807, 2.05) is 0 Å². The number of nitrogens with one attached hydrogen (secondary N) is 1. The Hall–Kier alpha value is -0.430. The summed E-state index contributed by atoms with van der Waals surface area (Å²) in [6.45, 7) is 6.21. The van der Waals surface area contributed by atoms with Gasteiger partial charge in [-0.15, -0.1) is 0 Å². The summed E-state index contributed by atoms with van der Waals surface area (Å²) in [5, 5.41) is 0.